The highest BCUT2D eigenvalue weighted by atomic mass is 32.1. The summed E-state index contributed by atoms with van der Waals surface area (Å²) in [5.74, 6) is -0.857. The molecule has 1 aromatic carbocycles. The van der Waals surface area contributed by atoms with E-state index in [2.05, 4.69) is 4.99 Å². The summed E-state index contributed by atoms with van der Waals surface area (Å²) in [6.07, 6.45) is 1.59. The minimum absolute atomic E-state index is 0.324. The van der Waals surface area contributed by atoms with E-state index < -0.39 is 5.92 Å². The number of esters is 1. The zero-order valence-electron chi connectivity index (χ0n) is 10.7. The second-order valence-electron chi connectivity index (χ2n) is 4.28. The molecule has 0 aliphatic carbocycles. The summed E-state index contributed by atoms with van der Waals surface area (Å²) in [5.41, 5.74) is 4.02. The predicted molar refractivity (Wildman–Crippen MR) is 75.9 cm³/mol. The van der Waals surface area contributed by atoms with Crippen LogP contribution in [0.1, 0.15) is 23.6 Å². The summed E-state index contributed by atoms with van der Waals surface area (Å²) in [6.45, 7) is 6.18. The third kappa shape index (κ3) is 2.08. The van der Waals surface area contributed by atoms with Crippen LogP contribution >= 0.6 is 12.2 Å². The Hall–Kier alpha value is -1.55. The highest BCUT2D eigenvalue weighted by Gasteiger charge is 2.29. The van der Waals surface area contributed by atoms with Gasteiger partial charge in [-0.15, -0.1) is 0 Å². The number of ether oxygens (including phenoxy) is 1. The molecule has 0 saturated carbocycles. The molecule has 0 bridgehead atoms. The summed E-state index contributed by atoms with van der Waals surface area (Å²) in [5, 5.41) is 0. The molecule has 2 rings (SSSR count). The van der Waals surface area contributed by atoms with Crippen molar-refractivity contribution >= 4 is 35.0 Å². The van der Waals surface area contributed by atoms with Crippen LogP contribution in [0.15, 0.2) is 17.1 Å². The first-order valence-corrected chi connectivity index (χ1v) is 6.32. The number of aliphatic imine (C=N–C) groups is 1. The smallest absolute Gasteiger partial charge is 0.319 e. The monoisotopic (exact) mass is 261 g/mol. The number of benzene rings is 1. The van der Waals surface area contributed by atoms with Crippen molar-refractivity contribution in [3.63, 3.8) is 0 Å². The largest absolute Gasteiger partial charge is 0.465 e. The SMILES string of the molecule is CCOC(=O)C1C=Nc2c(ccc(C)c2C)C1=S. The number of thiocarbonyl (C=S) groups is 1. The Balaban J connectivity index is 2.42. The molecule has 0 spiro atoms. The summed E-state index contributed by atoms with van der Waals surface area (Å²) in [4.78, 5) is 16.7. The van der Waals surface area contributed by atoms with E-state index in [0.29, 0.717) is 11.5 Å². The van der Waals surface area contributed by atoms with Crippen molar-refractivity contribution in [1.82, 2.24) is 0 Å². The lowest BCUT2D eigenvalue weighted by atomic mass is 9.92. The summed E-state index contributed by atoms with van der Waals surface area (Å²) < 4.78 is 5.00. The Morgan fingerprint density at radius 3 is 2.83 bits per heavy atom. The molecule has 0 amide bonds. The number of carbonyl (C=O) groups excluding carboxylic acids is 1. The molecule has 94 valence electrons. The van der Waals surface area contributed by atoms with Gasteiger partial charge in [0.2, 0.25) is 0 Å². The second kappa shape index (κ2) is 4.98. The van der Waals surface area contributed by atoms with Crippen molar-refractivity contribution in [1.29, 1.82) is 0 Å². The lowest BCUT2D eigenvalue weighted by molar-refractivity contribution is -0.143. The minimum Gasteiger partial charge on any atom is -0.465 e. The zero-order valence-corrected chi connectivity index (χ0v) is 11.5. The van der Waals surface area contributed by atoms with Crippen molar-refractivity contribution in [2.75, 3.05) is 6.61 Å². The van der Waals surface area contributed by atoms with Gasteiger partial charge in [-0.1, -0.05) is 24.4 Å². The van der Waals surface area contributed by atoms with Gasteiger partial charge >= 0.3 is 5.97 Å². The maximum atomic E-state index is 11.8. The summed E-state index contributed by atoms with van der Waals surface area (Å²) >= 11 is 5.38. The van der Waals surface area contributed by atoms with Crippen molar-refractivity contribution in [2.45, 2.75) is 20.8 Å². The van der Waals surface area contributed by atoms with E-state index in [1.165, 1.54) is 5.56 Å². The van der Waals surface area contributed by atoms with Crippen LogP contribution in [0, 0.1) is 19.8 Å². The van der Waals surface area contributed by atoms with Gasteiger partial charge in [0.05, 0.1) is 12.3 Å². The van der Waals surface area contributed by atoms with Crippen LogP contribution in [0.2, 0.25) is 0 Å². The van der Waals surface area contributed by atoms with E-state index >= 15 is 0 Å². The fourth-order valence-electron chi connectivity index (χ4n) is 1.95. The van der Waals surface area contributed by atoms with Gasteiger partial charge in [-0.3, -0.25) is 9.79 Å². The first-order chi connectivity index (χ1) is 8.56. The molecule has 0 fully saturated rings. The van der Waals surface area contributed by atoms with E-state index in [-0.39, 0.29) is 5.97 Å². The van der Waals surface area contributed by atoms with E-state index in [4.69, 9.17) is 17.0 Å². The Bertz CT molecular complexity index is 549. The number of fused-ring (bicyclic) bond motifs is 1. The third-order valence-electron chi connectivity index (χ3n) is 3.14. The van der Waals surface area contributed by atoms with Crippen LogP contribution < -0.4 is 0 Å². The normalized spacial score (nSPS) is 17.5. The van der Waals surface area contributed by atoms with Crippen molar-refractivity contribution in [3.8, 4) is 0 Å². The molecular weight excluding hydrogens is 246 g/mol. The summed E-state index contributed by atoms with van der Waals surface area (Å²) in [7, 11) is 0. The van der Waals surface area contributed by atoms with Crippen LogP contribution in [0.3, 0.4) is 0 Å². The number of nitrogens with zero attached hydrogens (tertiary/aromatic N) is 1. The molecule has 4 heteroatoms. The topological polar surface area (TPSA) is 38.7 Å². The maximum Gasteiger partial charge on any atom is 0.319 e. The average Bonchev–Trinajstić information content (AvgIpc) is 2.34. The van der Waals surface area contributed by atoms with E-state index in [0.717, 1.165) is 16.8 Å². The summed E-state index contributed by atoms with van der Waals surface area (Å²) in [6, 6.07) is 3.94. The van der Waals surface area contributed by atoms with E-state index in [1.807, 2.05) is 26.0 Å². The van der Waals surface area contributed by atoms with Gasteiger partial charge in [0.25, 0.3) is 0 Å². The Labute approximate surface area is 112 Å². The highest BCUT2D eigenvalue weighted by Crippen LogP contribution is 2.32. The van der Waals surface area contributed by atoms with Gasteiger partial charge in [0.1, 0.15) is 5.92 Å². The zero-order chi connectivity index (χ0) is 13.3. The number of rotatable bonds is 2. The first kappa shape index (κ1) is 12.9. The molecule has 0 aromatic heterocycles. The fourth-order valence-corrected chi connectivity index (χ4v) is 2.27. The van der Waals surface area contributed by atoms with Crippen LogP contribution in [0.4, 0.5) is 5.69 Å². The molecule has 18 heavy (non-hydrogen) atoms. The maximum absolute atomic E-state index is 11.8. The van der Waals surface area contributed by atoms with Gasteiger partial charge in [-0.25, -0.2) is 0 Å². The van der Waals surface area contributed by atoms with E-state index in [9.17, 15) is 4.79 Å². The standard InChI is InChI=1S/C14H15NO2S/c1-4-17-14(16)11-7-15-12-9(3)8(2)5-6-10(12)13(11)18/h5-7,11H,4H2,1-3H3. The van der Waals surface area contributed by atoms with Crippen LogP contribution in [0.5, 0.6) is 0 Å². The number of hydrogen-bond donors (Lipinski definition) is 0. The molecule has 3 nitrogen and oxygen atoms in total. The molecular formula is C14H15NO2S. The average molecular weight is 261 g/mol. The molecule has 1 aliphatic heterocycles. The minimum atomic E-state index is -0.533. The number of hydrogen-bond acceptors (Lipinski definition) is 4. The van der Waals surface area contributed by atoms with E-state index in [1.54, 1.807) is 13.1 Å². The Kier molecular flexibility index (Phi) is 3.57. The lowest BCUT2D eigenvalue weighted by Gasteiger charge is -2.20. The second-order valence-corrected chi connectivity index (χ2v) is 4.72. The lowest BCUT2D eigenvalue weighted by Crippen LogP contribution is -2.29. The molecule has 0 N–H and O–H groups in total. The van der Waals surface area contributed by atoms with Gasteiger partial charge in [0.15, 0.2) is 0 Å². The first-order valence-electron chi connectivity index (χ1n) is 5.91. The molecule has 1 aliphatic rings. The molecule has 0 radical (unpaired) electrons. The predicted octanol–water partition coefficient (Wildman–Crippen LogP) is 2.92. The quantitative estimate of drug-likeness (QED) is 0.607. The third-order valence-corrected chi connectivity index (χ3v) is 3.62. The molecule has 1 atom stereocenters. The van der Waals surface area contributed by atoms with Crippen molar-refractivity contribution in [2.24, 2.45) is 10.9 Å². The van der Waals surface area contributed by atoms with Gasteiger partial charge in [-0.05, 0) is 31.9 Å². The molecule has 1 heterocycles. The van der Waals surface area contributed by atoms with Crippen LogP contribution in [-0.4, -0.2) is 23.7 Å². The molecule has 1 unspecified atom stereocenters. The van der Waals surface area contributed by atoms with Crippen molar-refractivity contribution in [3.05, 3.63) is 28.8 Å². The Morgan fingerprint density at radius 1 is 1.44 bits per heavy atom. The van der Waals surface area contributed by atoms with Gasteiger partial charge < -0.3 is 4.74 Å². The molecule has 0 saturated heterocycles. The molecule has 1 aromatic rings. The number of aryl methyl sites for hydroxylation is 1. The van der Waals surface area contributed by atoms with Crippen molar-refractivity contribution < 1.29 is 9.53 Å². The number of carbonyl (C=O) groups is 1. The Morgan fingerprint density at radius 2 is 2.17 bits per heavy atom. The van der Waals surface area contributed by atoms with Gasteiger partial charge in [0, 0.05) is 16.6 Å². The van der Waals surface area contributed by atoms with Gasteiger partial charge in [-0.2, -0.15) is 0 Å². The van der Waals surface area contributed by atoms with Crippen LogP contribution in [0.25, 0.3) is 0 Å². The highest BCUT2D eigenvalue weighted by molar-refractivity contribution is 7.81. The fraction of sp³-hybridized carbons (Fsp3) is 0.357. The van der Waals surface area contributed by atoms with Crippen LogP contribution in [-0.2, 0) is 9.53 Å².